The zero-order valence-corrected chi connectivity index (χ0v) is 17.1. The Labute approximate surface area is 169 Å². The molecule has 0 bridgehead atoms. The highest BCUT2D eigenvalue weighted by molar-refractivity contribution is 7.93. The molecule has 2 heterocycles. The van der Waals surface area contributed by atoms with Crippen LogP contribution >= 0.6 is 0 Å². The molecule has 1 aromatic carbocycles. The highest BCUT2D eigenvalue weighted by Crippen LogP contribution is 2.35. The standard InChI is InChI=1S/C20H23FN4O3S/c1-14(9-11-29(2,27)28)24-20(26)17-12-23-19(13-22-17)25-10-5-8-18(25)15-6-3-4-7-16(15)21/h3-4,6-7,9,11-14,18H,5,8,10H2,1-2H3,(H,24,26)/b11-9+/t14-,18?/m1/s1. The molecule has 1 unspecified atom stereocenters. The maximum atomic E-state index is 14.2. The molecule has 9 heteroatoms. The van der Waals surface area contributed by atoms with Gasteiger partial charge in [0.2, 0.25) is 0 Å². The van der Waals surface area contributed by atoms with Crippen molar-refractivity contribution in [2.75, 3.05) is 17.7 Å². The van der Waals surface area contributed by atoms with Gasteiger partial charge in [-0.3, -0.25) is 4.79 Å². The first-order chi connectivity index (χ1) is 13.7. The fourth-order valence-electron chi connectivity index (χ4n) is 3.29. The van der Waals surface area contributed by atoms with Crippen LogP contribution in [-0.2, 0) is 9.84 Å². The molecule has 154 valence electrons. The van der Waals surface area contributed by atoms with E-state index in [-0.39, 0.29) is 17.6 Å². The van der Waals surface area contributed by atoms with Crippen molar-refractivity contribution in [3.8, 4) is 0 Å². The highest BCUT2D eigenvalue weighted by atomic mass is 32.2. The van der Waals surface area contributed by atoms with Gasteiger partial charge in [-0.15, -0.1) is 0 Å². The first kappa shape index (κ1) is 20.9. The Bertz CT molecular complexity index is 1010. The van der Waals surface area contributed by atoms with Crippen LogP contribution in [-0.4, -0.2) is 43.1 Å². The van der Waals surface area contributed by atoms with E-state index in [9.17, 15) is 17.6 Å². The smallest absolute Gasteiger partial charge is 0.271 e. The van der Waals surface area contributed by atoms with Crippen molar-refractivity contribution in [2.24, 2.45) is 0 Å². The van der Waals surface area contributed by atoms with Crippen LogP contribution in [0.1, 0.15) is 41.9 Å². The molecule has 1 saturated heterocycles. The third kappa shape index (κ3) is 5.38. The fraction of sp³-hybridized carbons (Fsp3) is 0.350. The number of carbonyl (C=O) groups excluding carboxylic acids is 1. The van der Waals surface area contributed by atoms with Crippen LogP contribution in [0.2, 0.25) is 0 Å². The maximum absolute atomic E-state index is 14.2. The van der Waals surface area contributed by atoms with E-state index in [4.69, 9.17) is 0 Å². The molecule has 2 aromatic rings. The maximum Gasteiger partial charge on any atom is 0.271 e. The number of anilines is 1. The van der Waals surface area contributed by atoms with Crippen LogP contribution in [0.3, 0.4) is 0 Å². The van der Waals surface area contributed by atoms with Gasteiger partial charge in [0.1, 0.15) is 17.3 Å². The molecular weight excluding hydrogens is 395 g/mol. The van der Waals surface area contributed by atoms with Crippen molar-refractivity contribution >= 4 is 21.6 Å². The largest absolute Gasteiger partial charge is 0.348 e. The van der Waals surface area contributed by atoms with E-state index >= 15 is 0 Å². The Morgan fingerprint density at radius 3 is 2.72 bits per heavy atom. The van der Waals surface area contributed by atoms with Crippen molar-refractivity contribution in [1.82, 2.24) is 15.3 Å². The number of sulfone groups is 1. The van der Waals surface area contributed by atoms with E-state index < -0.39 is 21.8 Å². The number of rotatable bonds is 6. The zero-order valence-electron chi connectivity index (χ0n) is 16.2. The summed E-state index contributed by atoms with van der Waals surface area (Å²) in [4.78, 5) is 22.8. The Balaban J connectivity index is 1.70. The number of hydrogen-bond acceptors (Lipinski definition) is 6. The number of nitrogens with zero attached hydrogens (tertiary/aromatic N) is 3. The third-order valence-corrected chi connectivity index (χ3v) is 5.31. The number of hydrogen-bond donors (Lipinski definition) is 1. The molecule has 1 aliphatic heterocycles. The first-order valence-electron chi connectivity index (χ1n) is 9.27. The molecule has 0 radical (unpaired) electrons. The minimum atomic E-state index is -3.26. The molecular formula is C20H23FN4O3S. The predicted molar refractivity (Wildman–Crippen MR) is 109 cm³/mol. The normalized spacial score (nSPS) is 18.2. The summed E-state index contributed by atoms with van der Waals surface area (Å²) in [5.41, 5.74) is 0.745. The molecule has 0 aliphatic carbocycles. The summed E-state index contributed by atoms with van der Waals surface area (Å²) in [5.74, 6) is -0.122. The average molecular weight is 418 g/mol. The van der Waals surface area contributed by atoms with Gasteiger partial charge in [0, 0.05) is 29.8 Å². The van der Waals surface area contributed by atoms with E-state index in [1.54, 1.807) is 19.1 Å². The SMILES string of the molecule is C[C@H](/C=C/S(C)(=O)=O)NC(=O)c1cnc(N2CCCC2c2ccccc2F)cn1. The lowest BCUT2D eigenvalue weighted by molar-refractivity contribution is 0.0941. The van der Waals surface area contributed by atoms with Crippen molar-refractivity contribution in [1.29, 1.82) is 0 Å². The quantitative estimate of drug-likeness (QED) is 0.775. The lowest BCUT2D eigenvalue weighted by Gasteiger charge is -2.26. The third-order valence-electron chi connectivity index (χ3n) is 4.66. The molecule has 7 nitrogen and oxygen atoms in total. The van der Waals surface area contributed by atoms with Gasteiger partial charge in [0.25, 0.3) is 5.91 Å². The lowest BCUT2D eigenvalue weighted by atomic mass is 10.0. The topological polar surface area (TPSA) is 92.3 Å². The summed E-state index contributed by atoms with van der Waals surface area (Å²) in [6.07, 6.45) is 7.06. The van der Waals surface area contributed by atoms with E-state index in [0.29, 0.717) is 11.4 Å². The van der Waals surface area contributed by atoms with Crippen LogP contribution in [0.5, 0.6) is 0 Å². The number of nitrogens with one attached hydrogen (secondary N) is 1. The predicted octanol–water partition coefficient (Wildman–Crippen LogP) is 2.63. The van der Waals surface area contributed by atoms with Gasteiger partial charge in [-0.05, 0) is 25.8 Å². The zero-order chi connectivity index (χ0) is 21.0. The molecule has 1 aromatic heterocycles. The number of carbonyl (C=O) groups is 1. The second kappa shape index (κ2) is 8.69. The molecule has 2 atom stereocenters. The molecule has 1 amide bonds. The number of benzene rings is 1. The van der Waals surface area contributed by atoms with Gasteiger partial charge in [0.15, 0.2) is 9.84 Å². The summed E-state index contributed by atoms with van der Waals surface area (Å²) in [6.45, 7) is 2.39. The first-order valence-corrected chi connectivity index (χ1v) is 11.2. The van der Waals surface area contributed by atoms with Crippen LogP contribution in [0.15, 0.2) is 48.1 Å². The second-order valence-electron chi connectivity index (χ2n) is 7.05. The summed E-state index contributed by atoms with van der Waals surface area (Å²) in [5, 5.41) is 3.69. The number of aromatic nitrogens is 2. The van der Waals surface area contributed by atoms with E-state index in [0.717, 1.165) is 31.1 Å². The minimum Gasteiger partial charge on any atom is -0.348 e. The van der Waals surface area contributed by atoms with Gasteiger partial charge in [-0.2, -0.15) is 0 Å². The summed E-state index contributed by atoms with van der Waals surface area (Å²) in [6, 6.07) is 6.10. The van der Waals surface area contributed by atoms with Crippen molar-refractivity contribution in [3.63, 3.8) is 0 Å². The summed E-state index contributed by atoms with van der Waals surface area (Å²) < 4.78 is 36.5. The Morgan fingerprint density at radius 1 is 1.31 bits per heavy atom. The van der Waals surface area contributed by atoms with Gasteiger partial charge >= 0.3 is 0 Å². The van der Waals surface area contributed by atoms with Crippen molar-refractivity contribution in [3.05, 3.63) is 65.2 Å². The van der Waals surface area contributed by atoms with Gasteiger partial charge in [-0.25, -0.2) is 22.8 Å². The molecule has 3 rings (SSSR count). The highest BCUT2D eigenvalue weighted by Gasteiger charge is 2.29. The van der Waals surface area contributed by atoms with Gasteiger partial charge in [0.05, 0.1) is 18.4 Å². The second-order valence-corrected chi connectivity index (χ2v) is 8.98. The minimum absolute atomic E-state index is 0.119. The summed E-state index contributed by atoms with van der Waals surface area (Å²) in [7, 11) is -3.26. The van der Waals surface area contributed by atoms with Crippen LogP contribution in [0, 0.1) is 5.82 Å². The Hall–Kier alpha value is -2.81. The number of amides is 1. The molecule has 0 spiro atoms. The Morgan fingerprint density at radius 2 is 2.07 bits per heavy atom. The average Bonchev–Trinajstić information content (AvgIpc) is 3.16. The Kier molecular flexibility index (Phi) is 6.26. The lowest BCUT2D eigenvalue weighted by Crippen LogP contribution is -2.32. The fourth-order valence-corrected chi connectivity index (χ4v) is 3.81. The van der Waals surface area contributed by atoms with Crippen LogP contribution < -0.4 is 10.2 Å². The van der Waals surface area contributed by atoms with Gasteiger partial charge < -0.3 is 10.2 Å². The van der Waals surface area contributed by atoms with Crippen LogP contribution in [0.25, 0.3) is 0 Å². The van der Waals surface area contributed by atoms with E-state index in [1.165, 1.54) is 24.5 Å². The molecule has 1 N–H and O–H groups in total. The van der Waals surface area contributed by atoms with E-state index in [1.807, 2.05) is 11.0 Å². The van der Waals surface area contributed by atoms with E-state index in [2.05, 4.69) is 15.3 Å². The summed E-state index contributed by atoms with van der Waals surface area (Å²) >= 11 is 0. The van der Waals surface area contributed by atoms with Gasteiger partial charge in [-0.1, -0.05) is 24.3 Å². The number of halogens is 1. The monoisotopic (exact) mass is 418 g/mol. The molecule has 0 saturated carbocycles. The molecule has 1 fully saturated rings. The van der Waals surface area contributed by atoms with Crippen molar-refractivity contribution < 1.29 is 17.6 Å². The van der Waals surface area contributed by atoms with Crippen molar-refractivity contribution in [2.45, 2.75) is 31.8 Å². The van der Waals surface area contributed by atoms with Crippen LogP contribution in [0.4, 0.5) is 10.2 Å². The molecule has 1 aliphatic rings. The molecule has 29 heavy (non-hydrogen) atoms.